The van der Waals surface area contributed by atoms with Crippen molar-refractivity contribution < 1.29 is 14.7 Å². The van der Waals surface area contributed by atoms with E-state index in [0.717, 1.165) is 18.6 Å². The van der Waals surface area contributed by atoms with Gasteiger partial charge in [0, 0.05) is 12.7 Å². The predicted molar refractivity (Wildman–Crippen MR) is 66.6 cm³/mol. The molecule has 0 aliphatic heterocycles. The Kier molecular flexibility index (Phi) is 8.07. The smallest absolute Gasteiger partial charge is 0.327 e. The minimum Gasteiger partial charge on any atom is -0.480 e. The van der Waals surface area contributed by atoms with Crippen molar-refractivity contribution in [1.29, 1.82) is 0 Å². The molecule has 0 spiro atoms. The van der Waals surface area contributed by atoms with E-state index < -0.39 is 12.0 Å². The van der Waals surface area contributed by atoms with Crippen molar-refractivity contribution in [2.45, 2.75) is 39.7 Å². The van der Waals surface area contributed by atoms with Crippen LogP contribution in [0.15, 0.2) is 0 Å². The molecule has 1 atom stereocenters. The minimum atomic E-state index is -0.966. The molecule has 0 saturated heterocycles. The molecule has 4 nitrogen and oxygen atoms in total. The van der Waals surface area contributed by atoms with Gasteiger partial charge in [-0.3, -0.25) is 4.79 Å². The molecule has 1 unspecified atom stereocenters. The Hall–Kier alpha value is -0.710. The standard InChI is InChI=1S/C11H21NO3S/c1-4-9(5-2)6-16-7-10(11(14)15)12-8(3)13/h9-10H,4-7H2,1-3H3,(H,12,13)(H,14,15). The summed E-state index contributed by atoms with van der Waals surface area (Å²) >= 11 is 1.59. The highest BCUT2D eigenvalue weighted by molar-refractivity contribution is 7.99. The van der Waals surface area contributed by atoms with Gasteiger partial charge in [0.1, 0.15) is 6.04 Å². The van der Waals surface area contributed by atoms with Crippen molar-refractivity contribution in [2.75, 3.05) is 11.5 Å². The summed E-state index contributed by atoms with van der Waals surface area (Å²) in [7, 11) is 0. The van der Waals surface area contributed by atoms with Gasteiger partial charge in [-0.05, 0) is 11.7 Å². The number of rotatable bonds is 8. The number of thioether (sulfide) groups is 1. The number of amides is 1. The summed E-state index contributed by atoms with van der Waals surface area (Å²) < 4.78 is 0. The predicted octanol–water partition coefficient (Wildman–Crippen LogP) is 1.75. The van der Waals surface area contributed by atoms with E-state index >= 15 is 0 Å². The average molecular weight is 247 g/mol. The quantitative estimate of drug-likeness (QED) is 0.685. The first-order valence-corrected chi connectivity index (χ1v) is 6.74. The Morgan fingerprint density at radius 2 is 1.81 bits per heavy atom. The van der Waals surface area contributed by atoms with Crippen molar-refractivity contribution in [3.8, 4) is 0 Å². The first kappa shape index (κ1) is 15.3. The molecule has 0 fully saturated rings. The number of nitrogens with one attached hydrogen (secondary N) is 1. The molecule has 0 rings (SSSR count). The van der Waals surface area contributed by atoms with Gasteiger partial charge in [0.05, 0.1) is 0 Å². The molecule has 16 heavy (non-hydrogen) atoms. The summed E-state index contributed by atoms with van der Waals surface area (Å²) in [5, 5.41) is 11.3. The van der Waals surface area contributed by atoms with E-state index in [4.69, 9.17) is 5.11 Å². The second-order valence-electron chi connectivity index (χ2n) is 3.81. The van der Waals surface area contributed by atoms with Crippen molar-refractivity contribution in [3.63, 3.8) is 0 Å². The average Bonchev–Trinajstić information content (AvgIpc) is 2.22. The Morgan fingerprint density at radius 1 is 1.25 bits per heavy atom. The first-order chi connectivity index (χ1) is 7.51. The van der Waals surface area contributed by atoms with E-state index in [9.17, 15) is 9.59 Å². The van der Waals surface area contributed by atoms with Crippen molar-refractivity contribution in [2.24, 2.45) is 5.92 Å². The number of hydrogen-bond acceptors (Lipinski definition) is 3. The molecule has 0 aromatic rings. The van der Waals surface area contributed by atoms with Crippen LogP contribution in [0.1, 0.15) is 33.6 Å². The van der Waals surface area contributed by atoms with Crippen molar-refractivity contribution >= 4 is 23.6 Å². The first-order valence-electron chi connectivity index (χ1n) is 5.58. The lowest BCUT2D eigenvalue weighted by Gasteiger charge is -2.15. The zero-order chi connectivity index (χ0) is 12.6. The Balaban J connectivity index is 3.93. The van der Waals surface area contributed by atoms with E-state index in [1.165, 1.54) is 6.92 Å². The third-order valence-electron chi connectivity index (χ3n) is 2.47. The van der Waals surface area contributed by atoms with E-state index in [1.807, 2.05) is 0 Å². The zero-order valence-corrected chi connectivity index (χ0v) is 11.0. The SMILES string of the molecule is CCC(CC)CSCC(NC(C)=O)C(=O)O. The van der Waals surface area contributed by atoms with Crippen LogP contribution in [0.2, 0.25) is 0 Å². The molecule has 0 radical (unpaired) electrons. The molecule has 94 valence electrons. The monoisotopic (exact) mass is 247 g/mol. The number of carbonyl (C=O) groups is 2. The number of hydrogen-bond donors (Lipinski definition) is 2. The molecule has 0 aromatic carbocycles. The van der Waals surface area contributed by atoms with Gasteiger partial charge >= 0.3 is 5.97 Å². The topological polar surface area (TPSA) is 66.4 Å². The summed E-state index contributed by atoms with van der Waals surface area (Å²) in [4.78, 5) is 21.6. The highest BCUT2D eigenvalue weighted by atomic mass is 32.2. The maximum absolute atomic E-state index is 10.8. The minimum absolute atomic E-state index is 0.296. The molecule has 0 saturated carbocycles. The lowest BCUT2D eigenvalue weighted by atomic mass is 10.1. The second kappa shape index (κ2) is 8.44. The second-order valence-corrected chi connectivity index (χ2v) is 4.89. The highest BCUT2D eigenvalue weighted by Gasteiger charge is 2.18. The van der Waals surface area contributed by atoms with Crippen LogP contribution in [0.5, 0.6) is 0 Å². The fourth-order valence-corrected chi connectivity index (χ4v) is 2.70. The van der Waals surface area contributed by atoms with E-state index in [1.54, 1.807) is 11.8 Å². The molecule has 0 heterocycles. The molecule has 5 heteroatoms. The van der Waals surface area contributed by atoms with Crippen LogP contribution in [0.25, 0.3) is 0 Å². The molecule has 0 aliphatic carbocycles. The summed E-state index contributed by atoms with van der Waals surface area (Å²) in [5.74, 6) is 0.765. The molecular weight excluding hydrogens is 226 g/mol. The van der Waals surface area contributed by atoms with Gasteiger partial charge in [0.25, 0.3) is 0 Å². The van der Waals surface area contributed by atoms with Crippen LogP contribution in [-0.2, 0) is 9.59 Å². The number of carboxylic acids is 1. The lowest BCUT2D eigenvalue weighted by molar-refractivity contribution is -0.140. The Labute approximate surface area is 101 Å². The Bertz CT molecular complexity index is 229. The third kappa shape index (κ3) is 6.71. The molecule has 0 aliphatic rings. The summed E-state index contributed by atoms with van der Waals surface area (Å²) in [6.07, 6.45) is 2.22. The molecule has 2 N–H and O–H groups in total. The number of carbonyl (C=O) groups excluding carboxylic acids is 1. The van der Waals surface area contributed by atoms with Gasteiger partial charge in [-0.15, -0.1) is 0 Å². The molecular formula is C11H21NO3S. The maximum atomic E-state index is 10.8. The normalized spacial score (nSPS) is 12.5. The fourth-order valence-electron chi connectivity index (χ4n) is 1.30. The largest absolute Gasteiger partial charge is 0.480 e. The molecule has 0 bridgehead atoms. The van der Waals surface area contributed by atoms with Crippen molar-refractivity contribution in [1.82, 2.24) is 5.32 Å². The van der Waals surface area contributed by atoms with Gasteiger partial charge in [-0.1, -0.05) is 26.7 Å². The summed E-state index contributed by atoms with van der Waals surface area (Å²) in [6, 6.07) is -0.767. The van der Waals surface area contributed by atoms with Crippen LogP contribution in [0, 0.1) is 5.92 Å². The maximum Gasteiger partial charge on any atom is 0.327 e. The Morgan fingerprint density at radius 3 is 2.19 bits per heavy atom. The molecule has 0 aromatic heterocycles. The van der Waals surface area contributed by atoms with Gasteiger partial charge in [0.15, 0.2) is 0 Å². The number of carboxylic acid groups (broad SMARTS) is 1. The van der Waals surface area contributed by atoms with Gasteiger partial charge in [-0.25, -0.2) is 4.79 Å². The lowest BCUT2D eigenvalue weighted by Crippen LogP contribution is -2.41. The van der Waals surface area contributed by atoms with Crippen LogP contribution in [0.4, 0.5) is 0 Å². The summed E-state index contributed by atoms with van der Waals surface area (Å²) in [5.41, 5.74) is 0. The number of aliphatic carboxylic acids is 1. The van der Waals surface area contributed by atoms with Crippen LogP contribution in [0.3, 0.4) is 0 Å². The van der Waals surface area contributed by atoms with Crippen LogP contribution >= 0.6 is 11.8 Å². The molecule has 1 amide bonds. The van der Waals surface area contributed by atoms with Gasteiger partial charge < -0.3 is 10.4 Å². The van der Waals surface area contributed by atoms with Crippen LogP contribution in [-0.4, -0.2) is 34.5 Å². The fraction of sp³-hybridized carbons (Fsp3) is 0.818. The summed E-state index contributed by atoms with van der Waals surface area (Å²) in [6.45, 7) is 5.61. The third-order valence-corrected chi connectivity index (χ3v) is 3.74. The van der Waals surface area contributed by atoms with Crippen molar-refractivity contribution in [3.05, 3.63) is 0 Å². The highest BCUT2D eigenvalue weighted by Crippen LogP contribution is 2.16. The van der Waals surface area contributed by atoms with Gasteiger partial charge in [-0.2, -0.15) is 11.8 Å². The van der Waals surface area contributed by atoms with E-state index in [0.29, 0.717) is 11.7 Å². The van der Waals surface area contributed by atoms with Crippen LogP contribution < -0.4 is 5.32 Å². The van der Waals surface area contributed by atoms with E-state index in [-0.39, 0.29) is 5.91 Å². The van der Waals surface area contributed by atoms with E-state index in [2.05, 4.69) is 19.2 Å². The zero-order valence-electron chi connectivity index (χ0n) is 10.2. The van der Waals surface area contributed by atoms with Gasteiger partial charge in [0.2, 0.25) is 5.91 Å².